The van der Waals surface area contributed by atoms with Gasteiger partial charge in [-0.3, -0.25) is 9.50 Å². The molecule has 1 saturated heterocycles. The fraction of sp³-hybridized carbons (Fsp3) is 1.00. The third-order valence-corrected chi connectivity index (χ3v) is 5.70. The molecule has 0 aliphatic carbocycles. The van der Waals surface area contributed by atoms with Crippen LogP contribution in [0.3, 0.4) is 0 Å². The van der Waals surface area contributed by atoms with E-state index in [1.807, 2.05) is 0 Å². The predicted octanol–water partition coefficient (Wildman–Crippen LogP) is 3.40. The van der Waals surface area contributed by atoms with Crippen molar-refractivity contribution >= 4 is 10.4 Å². The van der Waals surface area contributed by atoms with Crippen molar-refractivity contribution in [2.75, 3.05) is 34.8 Å². The number of rotatable bonds is 3. The van der Waals surface area contributed by atoms with E-state index in [1.165, 1.54) is 77.2 Å². The second-order valence-corrected chi connectivity index (χ2v) is 8.98. The van der Waals surface area contributed by atoms with Gasteiger partial charge in [0.15, 0.2) is 5.66 Å². The summed E-state index contributed by atoms with van der Waals surface area (Å²) in [7, 11) is 3.46. The standard InChI is InChI=1S/C17H37N2.CH4O4S/c1-5-17(19(2,3)4)15-13-11-9-7-6-8-10-12-14-16-18-17;1-5-6(2,3)4/h18H,5-16H2,1-4H3;1H3,(H,2,3,4)/q+1;/p-1. The van der Waals surface area contributed by atoms with Crippen LogP contribution in [0.1, 0.15) is 77.6 Å². The zero-order valence-electron chi connectivity index (χ0n) is 17.0. The third kappa shape index (κ3) is 11.2. The average molecular weight is 381 g/mol. The molecule has 25 heavy (non-hydrogen) atoms. The minimum atomic E-state index is -4.41. The number of nitrogens with one attached hydrogen (secondary N) is 1. The molecule has 0 saturated carbocycles. The molecule has 0 amide bonds. The SMILES string of the molecule is CCC1([N+](C)(C)C)CCCCCCCCCCCN1.COS(=O)(=O)[O-]. The Labute approximate surface area is 155 Å². The highest BCUT2D eigenvalue weighted by molar-refractivity contribution is 7.80. The molecule has 0 bridgehead atoms. The van der Waals surface area contributed by atoms with Gasteiger partial charge in [-0.1, -0.05) is 51.9 Å². The van der Waals surface area contributed by atoms with Crippen molar-refractivity contribution in [1.29, 1.82) is 0 Å². The summed E-state index contributed by atoms with van der Waals surface area (Å²) >= 11 is 0. The smallest absolute Gasteiger partial charge is 0.217 e. The maximum Gasteiger partial charge on any atom is 0.217 e. The minimum Gasteiger partial charge on any atom is -0.726 e. The van der Waals surface area contributed by atoms with E-state index in [0.29, 0.717) is 0 Å². The molecule has 0 aromatic heterocycles. The molecule has 1 fully saturated rings. The van der Waals surface area contributed by atoms with Crippen molar-refractivity contribution < 1.29 is 21.6 Å². The first kappa shape index (κ1) is 24.8. The van der Waals surface area contributed by atoms with Crippen molar-refractivity contribution in [1.82, 2.24) is 5.32 Å². The fourth-order valence-corrected chi connectivity index (χ4v) is 3.54. The van der Waals surface area contributed by atoms with Gasteiger partial charge in [-0.15, -0.1) is 0 Å². The predicted molar refractivity (Wildman–Crippen MR) is 102 cm³/mol. The van der Waals surface area contributed by atoms with Crippen LogP contribution < -0.4 is 5.32 Å². The number of hydrogen-bond acceptors (Lipinski definition) is 5. The molecule has 6 nitrogen and oxygen atoms in total. The Morgan fingerprint density at radius 2 is 1.36 bits per heavy atom. The van der Waals surface area contributed by atoms with Crippen LogP contribution >= 0.6 is 0 Å². The van der Waals surface area contributed by atoms with Crippen molar-refractivity contribution in [2.24, 2.45) is 0 Å². The zero-order chi connectivity index (χ0) is 19.4. The molecule has 0 radical (unpaired) electrons. The summed E-state index contributed by atoms with van der Waals surface area (Å²) in [6.07, 6.45) is 15.4. The van der Waals surface area contributed by atoms with Crippen molar-refractivity contribution in [3.05, 3.63) is 0 Å². The van der Waals surface area contributed by atoms with Crippen molar-refractivity contribution in [2.45, 2.75) is 83.2 Å². The van der Waals surface area contributed by atoms with E-state index in [1.54, 1.807) is 0 Å². The summed E-state index contributed by atoms with van der Waals surface area (Å²) in [5.74, 6) is 0. The van der Waals surface area contributed by atoms with E-state index in [-0.39, 0.29) is 5.66 Å². The van der Waals surface area contributed by atoms with Gasteiger partial charge in [0.25, 0.3) is 0 Å². The zero-order valence-corrected chi connectivity index (χ0v) is 17.8. The van der Waals surface area contributed by atoms with E-state index < -0.39 is 10.4 Å². The summed E-state index contributed by atoms with van der Waals surface area (Å²) < 4.78 is 32.1. The molecule has 1 N–H and O–H groups in total. The largest absolute Gasteiger partial charge is 0.726 e. The van der Waals surface area contributed by atoms with Gasteiger partial charge in [0.1, 0.15) is 0 Å². The van der Waals surface area contributed by atoms with Gasteiger partial charge in [-0.05, 0) is 12.8 Å². The second-order valence-electron chi connectivity index (χ2n) is 7.83. The molecular formula is C18H40N2O4S. The molecule has 152 valence electrons. The van der Waals surface area contributed by atoms with Gasteiger partial charge in [0.2, 0.25) is 10.4 Å². The van der Waals surface area contributed by atoms with E-state index >= 15 is 0 Å². The lowest BCUT2D eigenvalue weighted by atomic mass is 9.94. The highest BCUT2D eigenvalue weighted by atomic mass is 32.3. The fourth-order valence-electron chi connectivity index (χ4n) is 3.54. The Morgan fingerprint density at radius 1 is 0.960 bits per heavy atom. The first-order valence-corrected chi connectivity index (χ1v) is 11.0. The van der Waals surface area contributed by atoms with E-state index in [4.69, 9.17) is 0 Å². The van der Waals surface area contributed by atoms with E-state index in [9.17, 15) is 13.0 Å². The molecular weight excluding hydrogens is 340 g/mol. The van der Waals surface area contributed by atoms with Gasteiger partial charge in [-0.2, -0.15) is 0 Å². The summed E-state index contributed by atoms with van der Waals surface area (Å²) in [6.45, 7) is 3.55. The lowest BCUT2D eigenvalue weighted by Gasteiger charge is -2.47. The summed E-state index contributed by atoms with van der Waals surface area (Å²) in [5.41, 5.74) is 0.286. The molecule has 0 aromatic rings. The summed E-state index contributed by atoms with van der Waals surface area (Å²) in [5, 5.41) is 3.93. The normalized spacial score (nSPS) is 24.9. The van der Waals surface area contributed by atoms with Gasteiger partial charge in [0, 0.05) is 19.4 Å². The van der Waals surface area contributed by atoms with Gasteiger partial charge >= 0.3 is 0 Å². The highest BCUT2D eigenvalue weighted by Crippen LogP contribution is 2.27. The first-order valence-electron chi connectivity index (χ1n) is 9.66. The van der Waals surface area contributed by atoms with Crippen molar-refractivity contribution in [3.8, 4) is 0 Å². The second kappa shape index (κ2) is 12.2. The molecule has 0 spiro atoms. The molecule has 1 aliphatic heterocycles. The van der Waals surface area contributed by atoms with Crippen LogP contribution in [-0.2, 0) is 14.6 Å². The molecule has 1 atom stereocenters. The van der Waals surface area contributed by atoms with Crippen LogP contribution in [0.15, 0.2) is 0 Å². The molecule has 0 aromatic carbocycles. The van der Waals surface area contributed by atoms with E-state index in [0.717, 1.165) is 11.6 Å². The topological polar surface area (TPSA) is 78.5 Å². The molecule has 1 unspecified atom stereocenters. The lowest BCUT2D eigenvalue weighted by Crippen LogP contribution is -2.65. The quantitative estimate of drug-likeness (QED) is 0.461. The van der Waals surface area contributed by atoms with Crippen LogP contribution in [0.5, 0.6) is 0 Å². The van der Waals surface area contributed by atoms with Gasteiger partial charge in [0.05, 0.1) is 28.3 Å². The van der Waals surface area contributed by atoms with Gasteiger partial charge < -0.3 is 9.04 Å². The Kier molecular flexibility index (Phi) is 12.1. The molecule has 1 heterocycles. The highest BCUT2D eigenvalue weighted by Gasteiger charge is 2.39. The van der Waals surface area contributed by atoms with E-state index in [2.05, 4.69) is 37.6 Å². The van der Waals surface area contributed by atoms with Gasteiger partial charge in [-0.25, -0.2) is 8.42 Å². The minimum absolute atomic E-state index is 0.286. The third-order valence-electron chi connectivity index (χ3n) is 5.29. The summed E-state index contributed by atoms with van der Waals surface area (Å²) in [4.78, 5) is 0. The van der Waals surface area contributed by atoms with Crippen LogP contribution in [0.2, 0.25) is 0 Å². The molecule has 1 rings (SSSR count). The Bertz CT molecular complexity index is 419. The first-order chi connectivity index (χ1) is 11.6. The average Bonchev–Trinajstić information content (AvgIpc) is 2.54. The molecule has 7 heteroatoms. The number of hydrogen-bond donors (Lipinski definition) is 1. The lowest BCUT2D eigenvalue weighted by molar-refractivity contribution is -0.929. The monoisotopic (exact) mass is 380 g/mol. The Morgan fingerprint density at radius 3 is 1.72 bits per heavy atom. The molecule has 1 aliphatic rings. The van der Waals surface area contributed by atoms with Crippen LogP contribution in [-0.4, -0.2) is 57.9 Å². The number of quaternary nitrogens is 1. The van der Waals surface area contributed by atoms with Crippen molar-refractivity contribution in [3.63, 3.8) is 0 Å². The maximum absolute atomic E-state index is 9.22. The number of nitrogens with zero attached hydrogens (tertiary/aromatic N) is 1. The van der Waals surface area contributed by atoms with Crippen LogP contribution in [0.4, 0.5) is 0 Å². The Balaban J connectivity index is 0.000000823. The van der Waals surface area contributed by atoms with Crippen LogP contribution in [0, 0.1) is 0 Å². The maximum atomic E-state index is 9.22. The van der Waals surface area contributed by atoms with Crippen LogP contribution in [0.25, 0.3) is 0 Å². The summed E-state index contributed by atoms with van der Waals surface area (Å²) in [6, 6.07) is 0. The Hall–Kier alpha value is -0.210.